The highest BCUT2D eigenvalue weighted by atomic mass is 32.2. The van der Waals surface area contributed by atoms with Crippen LogP contribution in [0.15, 0.2) is 77.7 Å². The van der Waals surface area contributed by atoms with E-state index in [4.69, 9.17) is 13.7 Å². The molecule has 3 aromatic carbocycles. The molecular weight excluding hydrogens is 452 g/mol. The summed E-state index contributed by atoms with van der Waals surface area (Å²) in [6.45, 7) is 4.51. The lowest BCUT2D eigenvalue weighted by Gasteiger charge is -2.16. The van der Waals surface area contributed by atoms with E-state index >= 15 is 0 Å². The molecule has 180 valence electrons. The molecule has 1 atom stereocenters. The molecule has 1 unspecified atom stereocenters. The summed E-state index contributed by atoms with van der Waals surface area (Å²) >= 11 is 0. The maximum absolute atomic E-state index is 12.6. The third kappa shape index (κ3) is 7.43. The molecule has 0 aliphatic heterocycles. The monoisotopic (exact) mass is 482 g/mol. The van der Waals surface area contributed by atoms with Crippen LogP contribution in [0.25, 0.3) is 0 Å². The second-order valence-electron chi connectivity index (χ2n) is 8.16. The minimum atomic E-state index is -4.13. The number of carbonyl (C=O) groups is 1. The van der Waals surface area contributed by atoms with E-state index in [0.717, 1.165) is 24.0 Å². The van der Waals surface area contributed by atoms with Crippen molar-refractivity contribution >= 4 is 16.1 Å². The average Bonchev–Trinajstić information content (AvgIpc) is 2.82. The van der Waals surface area contributed by atoms with Gasteiger partial charge in [-0.25, -0.2) is 4.79 Å². The largest absolute Gasteiger partial charge is 0.494 e. The Morgan fingerprint density at radius 2 is 1.59 bits per heavy atom. The maximum atomic E-state index is 12.6. The molecule has 0 saturated carbocycles. The van der Waals surface area contributed by atoms with E-state index in [-0.39, 0.29) is 11.3 Å². The van der Waals surface area contributed by atoms with Crippen LogP contribution in [0.4, 0.5) is 0 Å². The lowest BCUT2D eigenvalue weighted by molar-refractivity contribution is -0.148. The van der Waals surface area contributed by atoms with Crippen molar-refractivity contribution in [3.8, 4) is 5.75 Å². The van der Waals surface area contributed by atoms with Crippen molar-refractivity contribution in [2.75, 3.05) is 13.7 Å². The van der Waals surface area contributed by atoms with Crippen molar-refractivity contribution < 1.29 is 26.9 Å². The summed E-state index contributed by atoms with van der Waals surface area (Å²) in [6, 6.07) is 21.8. The van der Waals surface area contributed by atoms with Gasteiger partial charge in [-0.05, 0) is 62.1 Å². The van der Waals surface area contributed by atoms with Gasteiger partial charge in [0.2, 0.25) is 0 Å². The van der Waals surface area contributed by atoms with E-state index in [2.05, 4.69) is 31.2 Å². The highest BCUT2D eigenvalue weighted by Gasteiger charge is 2.28. The number of hydrogen-bond acceptors (Lipinski definition) is 6. The molecule has 0 radical (unpaired) electrons. The number of benzene rings is 3. The van der Waals surface area contributed by atoms with Crippen molar-refractivity contribution in [1.82, 2.24) is 0 Å². The summed E-state index contributed by atoms with van der Waals surface area (Å²) in [4.78, 5) is 12.2. The first kappa shape index (κ1) is 25.5. The second kappa shape index (κ2) is 11.8. The first-order valence-electron chi connectivity index (χ1n) is 11.1. The molecule has 7 heteroatoms. The Balaban J connectivity index is 1.57. The summed E-state index contributed by atoms with van der Waals surface area (Å²) in [5.74, 6) is -0.0528. The average molecular weight is 483 g/mol. The number of esters is 1. The fourth-order valence-electron chi connectivity index (χ4n) is 3.47. The number of rotatable bonds is 11. The molecule has 34 heavy (non-hydrogen) atoms. The molecule has 0 aromatic heterocycles. The molecular formula is C27H30O6S. The van der Waals surface area contributed by atoms with Crippen LogP contribution in [-0.4, -0.2) is 34.2 Å². The van der Waals surface area contributed by atoms with Gasteiger partial charge in [-0.1, -0.05) is 59.7 Å². The van der Waals surface area contributed by atoms with Crippen LogP contribution in [-0.2, 0) is 36.7 Å². The van der Waals surface area contributed by atoms with Crippen LogP contribution >= 0.6 is 0 Å². The Morgan fingerprint density at radius 3 is 2.24 bits per heavy atom. The van der Waals surface area contributed by atoms with Crippen LogP contribution in [0.5, 0.6) is 5.75 Å². The van der Waals surface area contributed by atoms with Crippen LogP contribution in [0.2, 0.25) is 0 Å². The molecule has 0 spiro atoms. The molecule has 0 heterocycles. The van der Waals surface area contributed by atoms with Gasteiger partial charge in [0.1, 0.15) is 5.75 Å². The number of methoxy groups -OCH3 is 1. The van der Waals surface area contributed by atoms with Crippen molar-refractivity contribution in [2.45, 2.75) is 44.1 Å². The predicted molar refractivity (Wildman–Crippen MR) is 130 cm³/mol. The number of carbonyl (C=O) groups excluding carboxylic acids is 1. The standard InChI is InChI=1S/C27H30O6S/c1-20-9-15-25(16-10-20)34(29,30)33-26(27(28)31-3)19-23-11-13-24(14-12-23)32-17-5-8-22-7-4-6-21(2)18-22/h4,6-7,9-16,18,26H,5,8,17,19H2,1-3H3. The lowest BCUT2D eigenvalue weighted by Crippen LogP contribution is -2.30. The molecule has 6 nitrogen and oxygen atoms in total. The van der Waals surface area contributed by atoms with Crippen molar-refractivity contribution in [2.24, 2.45) is 0 Å². The van der Waals surface area contributed by atoms with Crippen LogP contribution in [0.3, 0.4) is 0 Å². The highest BCUT2D eigenvalue weighted by molar-refractivity contribution is 7.86. The fourth-order valence-corrected chi connectivity index (χ4v) is 4.50. The van der Waals surface area contributed by atoms with Gasteiger partial charge < -0.3 is 9.47 Å². The minimum absolute atomic E-state index is 0.0126. The van der Waals surface area contributed by atoms with Gasteiger partial charge in [0.15, 0.2) is 6.10 Å². The summed E-state index contributed by atoms with van der Waals surface area (Å²) in [5.41, 5.74) is 4.17. The predicted octanol–water partition coefficient (Wildman–Crippen LogP) is 4.80. The molecule has 0 fully saturated rings. The van der Waals surface area contributed by atoms with Gasteiger partial charge in [0.25, 0.3) is 10.1 Å². The number of aryl methyl sites for hydroxylation is 3. The Kier molecular flexibility index (Phi) is 8.85. The smallest absolute Gasteiger partial charge is 0.336 e. The number of hydrogen-bond donors (Lipinski definition) is 0. The van der Waals surface area contributed by atoms with E-state index in [1.165, 1.54) is 30.4 Å². The first-order valence-corrected chi connectivity index (χ1v) is 12.5. The molecule has 0 bridgehead atoms. The summed E-state index contributed by atoms with van der Waals surface area (Å²) in [6.07, 6.45) is 0.580. The van der Waals surface area contributed by atoms with Gasteiger partial charge in [0, 0.05) is 6.42 Å². The van der Waals surface area contributed by atoms with E-state index in [9.17, 15) is 13.2 Å². The zero-order valence-corrected chi connectivity index (χ0v) is 20.5. The molecule has 0 N–H and O–H groups in total. The fraction of sp³-hybridized carbons (Fsp3) is 0.296. The van der Waals surface area contributed by atoms with Crippen LogP contribution in [0.1, 0.15) is 28.7 Å². The van der Waals surface area contributed by atoms with E-state index in [1.54, 1.807) is 36.4 Å². The molecule has 0 aliphatic carbocycles. The summed E-state index contributed by atoms with van der Waals surface area (Å²) < 4.78 is 41.1. The van der Waals surface area contributed by atoms with Crippen molar-refractivity contribution in [1.29, 1.82) is 0 Å². The third-order valence-corrected chi connectivity index (χ3v) is 6.66. The topological polar surface area (TPSA) is 78.9 Å². The zero-order valence-electron chi connectivity index (χ0n) is 19.7. The van der Waals surface area contributed by atoms with Crippen molar-refractivity contribution in [3.05, 3.63) is 95.1 Å². The van der Waals surface area contributed by atoms with E-state index < -0.39 is 22.2 Å². The zero-order chi connectivity index (χ0) is 24.6. The van der Waals surface area contributed by atoms with Gasteiger partial charge in [0.05, 0.1) is 18.6 Å². The quantitative estimate of drug-likeness (QED) is 0.222. The van der Waals surface area contributed by atoms with Gasteiger partial charge in [-0.15, -0.1) is 0 Å². The molecule has 3 aromatic rings. The molecule has 0 saturated heterocycles. The SMILES string of the molecule is COC(=O)C(Cc1ccc(OCCCc2cccc(C)c2)cc1)OS(=O)(=O)c1ccc(C)cc1. The van der Waals surface area contributed by atoms with Gasteiger partial charge >= 0.3 is 5.97 Å². The Bertz CT molecular complexity index is 1180. The lowest BCUT2D eigenvalue weighted by atomic mass is 10.1. The highest BCUT2D eigenvalue weighted by Crippen LogP contribution is 2.20. The maximum Gasteiger partial charge on any atom is 0.336 e. The van der Waals surface area contributed by atoms with Gasteiger partial charge in [-0.3, -0.25) is 4.18 Å². The Hall–Kier alpha value is -3.16. The van der Waals surface area contributed by atoms with E-state index in [0.29, 0.717) is 12.4 Å². The molecule has 0 amide bonds. The van der Waals surface area contributed by atoms with E-state index in [1.807, 2.05) is 6.92 Å². The number of ether oxygens (including phenoxy) is 2. The molecule has 3 rings (SSSR count). The minimum Gasteiger partial charge on any atom is -0.494 e. The van der Waals surface area contributed by atoms with Gasteiger partial charge in [-0.2, -0.15) is 8.42 Å². The first-order chi connectivity index (χ1) is 16.3. The van der Waals surface area contributed by atoms with Crippen molar-refractivity contribution in [3.63, 3.8) is 0 Å². The Morgan fingerprint density at radius 1 is 0.882 bits per heavy atom. The third-order valence-electron chi connectivity index (χ3n) is 5.32. The second-order valence-corrected chi connectivity index (χ2v) is 9.74. The van der Waals surface area contributed by atoms with Crippen LogP contribution < -0.4 is 4.74 Å². The summed E-state index contributed by atoms with van der Waals surface area (Å²) in [5, 5.41) is 0. The molecule has 0 aliphatic rings. The Labute approximate surface area is 201 Å². The normalized spacial score (nSPS) is 12.2. The van der Waals surface area contributed by atoms with Crippen LogP contribution in [0, 0.1) is 13.8 Å². The summed E-state index contributed by atoms with van der Waals surface area (Å²) in [7, 11) is -2.93.